The van der Waals surface area contributed by atoms with Crippen molar-refractivity contribution in [3.8, 4) is 5.75 Å². The van der Waals surface area contributed by atoms with Crippen molar-refractivity contribution >= 4 is 11.6 Å². The molecule has 0 aromatic heterocycles. The Morgan fingerprint density at radius 1 is 1.21 bits per heavy atom. The minimum absolute atomic E-state index is 0.0399. The Morgan fingerprint density at radius 3 is 2.68 bits per heavy atom. The van der Waals surface area contributed by atoms with Crippen LogP contribution in [-0.4, -0.2) is 11.0 Å². The van der Waals surface area contributed by atoms with E-state index in [4.69, 9.17) is 0 Å². The highest BCUT2D eigenvalue weighted by molar-refractivity contribution is 5.93. The summed E-state index contributed by atoms with van der Waals surface area (Å²) in [5.74, 6) is -0.604. The van der Waals surface area contributed by atoms with Crippen molar-refractivity contribution < 1.29 is 14.3 Å². The lowest BCUT2D eigenvalue weighted by Gasteiger charge is -2.09. The summed E-state index contributed by atoms with van der Waals surface area (Å²) < 4.78 is 13.4. The van der Waals surface area contributed by atoms with Crippen molar-refractivity contribution in [1.82, 2.24) is 0 Å². The number of hydrogen-bond acceptors (Lipinski definition) is 2. The van der Waals surface area contributed by atoms with Crippen molar-refractivity contribution in [3.63, 3.8) is 0 Å². The molecule has 2 aromatic carbocycles. The van der Waals surface area contributed by atoms with Crippen LogP contribution in [0.1, 0.15) is 11.1 Å². The second-order valence-electron chi connectivity index (χ2n) is 4.27. The number of halogens is 1. The molecule has 0 fully saturated rings. The van der Waals surface area contributed by atoms with Gasteiger partial charge in [-0.25, -0.2) is 4.39 Å². The van der Waals surface area contributed by atoms with Crippen LogP contribution in [0.2, 0.25) is 0 Å². The third-order valence-electron chi connectivity index (χ3n) is 2.89. The molecule has 19 heavy (non-hydrogen) atoms. The van der Waals surface area contributed by atoms with E-state index in [0.717, 1.165) is 0 Å². The molecule has 0 saturated heterocycles. The Kier molecular flexibility index (Phi) is 3.80. The highest BCUT2D eigenvalue weighted by Crippen LogP contribution is 2.24. The number of amides is 1. The standard InChI is InChI=1S/C15H14FNO2/c1-10-13(7-4-8-14(10)18)17-15(19)9-11-5-2-3-6-12(11)16/h2-8,18H,9H2,1H3,(H,17,19). The predicted molar refractivity (Wildman–Crippen MR) is 71.6 cm³/mol. The fraction of sp³-hybridized carbons (Fsp3) is 0.133. The van der Waals surface area contributed by atoms with Gasteiger partial charge in [0.25, 0.3) is 0 Å². The van der Waals surface area contributed by atoms with Gasteiger partial charge in [0.2, 0.25) is 5.91 Å². The molecule has 1 amide bonds. The number of hydrogen-bond donors (Lipinski definition) is 2. The second-order valence-corrected chi connectivity index (χ2v) is 4.27. The quantitative estimate of drug-likeness (QED) is 0.890. The first-order valence-electron chi connectivity index (χ1n) is 5.90. The van der Waals surface area contributed by atoms with Gasteiger partial charge in [-0.3, -0.25) is 4.79 Å². The van der Waals surface area contributed by atoms with E-state index >= 15 is 0 Å². The Labute approximate surface area is 110 Å². The first-order valence-corrected chi connectivity index (χ1v) is 5.90. The lowest BCUT2D eigenvalue weighted by molar-refractivity contribution is -0.115. The maximum atomic E-state index is 13.4. The molecule has 0 bridgehead atoms. The monoisotopic (exact) mass is 259 g/mol. The van der Waals surface area contributed by atoms with E-state index in [1.807, 2.05) is 0 Å². The summed E-state index contributed by atoms with van der Waals surface area (Å²) in [4.78, 5) is 11.8. The zero-order chi connectivity index (χ0) is 13.8. The van der Waals surface area contributed by atoms with Crippen molar-refractivity contribution in [1.29, 1.82) is 0 Å². The molecule has 0 spiro atoms. The van der Waals surface area contributed by atoms with Gasteiger partial charge in [0.1, 0.15) is 11.6 Å². The Morgan fingerprint density at radius 2 is 1.95 bits per heavy atom. The molecule has 0 atom stereocenters. The zero-order valence-electron chi connectivity index (χ0n) is 10.5. The van der Waals surface area contributed by atoms with Crippen molar-refractivity contribution in [2.24, 2.45) is 0 Å². The molecule has 4 heteroatoms. The average molecular weight is 259 g/mol. The molecule has 3 nitrogen and oxygen atoms in total. The van der Waals surface area contributed by atoms with Crippen LogP contribution >= 0.6 is 0 Å². The topological polar surface area (TPSA) is 49.3 Å². The fourth-order valence-electron chi connectivity index (χ4n) is 1.77. The molecular weight excluding hydrogens is 245 g/mol. The van der Waals surface area contributed by atoms with E-state index in [9.17, 15) is 14.3 Å². The van der Waals surface area contributed by atoms with E-state index in [2.05, 4.69) is 5.32 Å². The van der Waals surface area contributed by atoms with E-state index in [1.165, 1.54) is 6.07 Å². The molecule has 2 aromatic rings. The first-order chi connectivity index (χ1) is 9.08. The normalized spacial score (nSPS) is 10.2. The molecule has 98 valence electrons. The van der Waals surface area contributed by atoms with Gasteiger partial charge in [0.15, 0.2) is 0 Å². The summed E-state index contributed by atoms with van der Waals surface area (Å²) in [5.41, 5.74) is 1.46. The molecule has 0 aliphatic rings. The van der Waals surface area contributed by atoms with Crippen LogP contribution in [0.25, 0.3) is 0 Å². The lowest BCUT2D eigenvalue weighted by Crippen LogP contribution is -2.15. The van der Waals surface area contributed by atoms with E-state index in [-0.39, 0.29) is 18.1 Å². The largest absolute Gasteiger partial charge is 0.508 e. The third kappa shape index (κ3) is 3.10. The predicted octanol–water partition coefficient (Wildman–Crippen LogP) is 3.02. The summed E-state index contributed by atoms with van der Waals surface area (Å²) >= 11 is 0. The number of nitrogens with one attached hydrogen (secondary N) is 1. The van der Waals surface area contributed by atoms with Gasteiger partial charge in [-0.2, -0.15) is 0 Å². The molecular formula is C15H14FNO2. The Hall–Kier alpha value is -2.36. The lowest BCUT2D eigenvalue weighted by atomic mass is 10.1. The fourth-order valence-corrected chi connectivity index (χ4v) is 1.77. The van der Waals surface area contributed by atoms with Crippen LogP contribution in [0.4, 0.5) is 10.1 Å². The van der Waals surface area contributed by atoms with E-state index in [1.54, 1.807) is 43.3 Å². The van der Waals surface area contributed by atoms with Crippen LogP contribution in [-0.2, 0) is 11.2 Å². The smallest absolute Gasteiger partial charge is 0.228 e. The van der Waals surface area contributed by atoms with Gasteiger partial charge in [0, 0.05) is 11.3 Å². The van der Waals surface area contributed by atoms with Gasteiger partial charge < -0.3 is 10.4 Å². The number of anilines is 1. The van der Waals surface area contributed by atoms with E-state index < -0.39 is 5.82 Å². The van der Waals surface area contributed by atoms with Gasteiger partial charge >= 0.3 is 0 Å². The molecule has 2 N–H and O–H groups in total. The molecule has 2 rings (SSSR count). The van der Waals surface area contributed by atoms with Gasteiger partial charge in [-0.1, -0.05) is 24.3 Å². The molecule has 0 unspecified atom stereocenters. The van der Waals surface area contributed by atoms with Crippen LogP contribution < -0.4 is 5.32 Å². The molecule has 0 saturated carbocycles. The number of benzene rings is 2. The Balaban J connectivity index is 2.10. The molecule has 0 radical (unpaired) electrons. The van der Waals surface area contributed by atoms with Gasteiger partial charge in [0.05, 0.1) is 6.42 Å². The summed E-state index contributed by atoms with van der Waals surface area (Å²) in [6.45, 7) is 1.70. The van der Waals surface area contributed by atoms with Crippen LogP contribution in [0.5, 0.6) is 5.75 Å². The minimum Gasteiger partial charge on any atom is -0.508 e. The third-order valence-corrected chi connectivity index (χ3v) is 2.89. The summed E-state index contributed by atoms with van der Waals surface area (Å²) in [6, 6.07) is 11.0. The Bertz CT molecular complexity index is 611. The average Bonchev–Trinajstić information content (AvgIpc) is 2.38. The second kappa shape index (κ2) is 5.52. The highest BCUT2D eigenvalue weighted by Gasteiger charge is 2.10. The summed E-state index contributed by atoms with van der Waals surface area (Å²) in [5, 5.41) is 12.2. The van der Waals surface area contributed by atoms with Crippen molar-refractivity contribution in [2.45, 2.75) is 13.3 Å². The van der Waals surface area contributed by atoms with Crippen molar-refractivity contribution in [2.75, 3.05) is 5.32 Å². The van der Waals surface area contributed by atoms with Crippen LogP contribution in [0.15, 0.2) is 42.5 Å². The van der Waals surface area contributed by atoms with Crippen molar-refractivity contribution in [3.05, 3.63) is 59.4 Å². The van der Waals surface area contributed by atoms with Gasteiger partial charge in [-0.05, 0) is 30.7 Å². The summed E-state index contributed by atoms with van der Waals surface area (Å²) in [7, 11) is 0. The van der Waals surface area contributed by atoms with Crippen LogP contribution in [0.3, 0.4) is 0 Å². The highest BCUT2D eigenvalue weighted by atomic mass is 19.1. The maximum absolute atomic E-state index is 13.4. The molecule has 0 aliphatic carbocycles. The SMILES string of the molecule is Cc1c(O)cccc1NC(=O)Cc1ccccc1F. The molecule has 0 aliphatic heterocycles. The first kappa shape index (κ1) is 13.1. The minimum atomic E-state index is -0.398. The number of carbonyl (C=O) groups is 1. The van der Waals surface area contributed by atoms with Gasteiger partial charge in [-0.15, -0.1) is 0 Å². The zero-order valence-corrected chi connectivity index (χ0v) is 10.5. The van der Waals surface area contributed by atoms with E-state index in [0.29, 0.717) is 16.8 Å². The maximum Gasteiger partial charge on any atom is 0.228 e. The number of phenols is 1. The number of aromatic hydroxyl groups is 1. The number of carbonyl (C=O) groups excluding carboxylic acids is 1. The molecule has 0 heterocycles. The van der Waals surface area contributed by atoms with Crippen LogP contribution in [0, 0.1) is 12.7 Å². The summed E-state index contributed by atoms with van der Waals surface area (Å²) in [6.07, 6.45) is -0.0399. The number of rotatable bonds is 3. The number of phenolic OH excluding ortho intramolecular Hbond substituents is 1.